The Hall–Kier alpha value is -1.44. The van der Waals surface area contributed by atoms with Gasteiger partial charge in [0.2, 0.25) is 10.0 Å². The van der Waals surface area contributed by atoms with Crippen molar-refractivity contribution < 1.29 is 8.42 Å². The van der Waals surface area contributed by atoms with Crippen molar-refractivity contribution in [1.82, 2.24) is 4.98 Å². The first-order valence-electron chi connectivity index (χ1n) is 6.84. The van der Waals surface area contributed by atoms with Crippen LogP contribution in [0.15, 0.2) is 52.7 Å². The largest absolute Gasteiger partial charge is 0.241 e. The van der Waals surface area contributed by atoms with Crippen molar-refractivity contribution >= 4 is 44.6 Å². The molecule has 0 saturated heterocycles. The minimum absolute atomic E-state index is 0.0685. The smallest absolute Gasteiger partial charge is 0.238 e. The molecule has 2 N–H and O–H groups in total. The summed E-state index contributed by atoms with van der Waals surface area (Å²) in [6.45, 7) is 0. The van der Waals surface area contributed by atoms with E-state index in [1.165, 1.54) is 23.5 Å². The van der Waals surface area contributed by atoms with E-state index in [1.54, 1.807) is 18.2 Å². The first-order valence-corrected chi connectivity index (χ1v) is 10.0. The minimum Gasteiger partial charge on any atom is -0.241 e. The zero-order chi connectivity index (χ0) is 17.3. The van der Waals surface area contributed by atoms with Crippen LogP contribution in [0.2, 0.25) is 10.0 Å². The maximum atomic E-state index is 11.5. The monoisotopic (exact) mass is 398 g/mol. The number of benzene rings is 2. The Morgan fingerprint density at radius 2 is 1.88 bits per heavy atom. The number of halogens is 2. The van der Waals surface area contributed by atoms with Crippen molar-refractivity contribution in [3.8, 4) is 11.3 Å². The number of primary sulfonamides is 1. The summed E-state index contributed by atoms with van der Waals surface area (Å²) < 4.78 is 22.9. The molecule has 124 valence electrons. The average Bonchev–Trinajstić information content (AvgIpc) is 2.99. The molecule has 0 amide bonds. The molecule has 4 nitrogen and oxygen atoms in total. The number of nitrogens with two attached hydrogens (primary N) is 1. The Bertz CT molecular complexity index is 1000. The third-order valence-corrected chi connectivity index (χ3v) is 5.85. The molecule has 0 aliphatic carbocycles. The molecule has 1 heterocycles. The first kappa shape index (κ1) is 17.4. The van der Waals surface area contributed by atoms with Crippen LogP contribution in [0.4, 0.5) is 0 Å². The lowest BCUT2D eigenvalue weighted by atomic mass is 10.1. The molecule has 0 saturated carbocycles. The van der Waals surface area contributed by atoms with Gasteiger partial charge in [-0.1, -0.05) is 41.4 Å². The van der Waals surface area contributed by atoms with Crippen LogP contribution in [0.3, 0.4) is 0 Å². The second-order valence-corrected chi connectivity index (χ2v) is 8.44. The van der Waals surface area contributed by atoms with Crippen LogP contribution in [-0.4, -0.2) is 13.4 Å². The standard InChI is InChI=1S/C16H12Cl2N2O2S2/c17-13-5-4-10(6-14(13)18)7-16-20-15(9-23-16)11-2-1-3-12(8-11)24(19,21)22/h1-6,8-9H,7H2,(H2,19,21,22). The Labute approximate surface area is 153 Å². The topological polar surface area (TPSA) is 73.1 Å². The zero-order valence-corrected chi connectivity index (χ0v) is 15.4. The van der Waals surface area contributed by atoms with E-state index in [9.17, 15) is 8.42 Å². The van der Waals surface area contributed by atoms with Crippen LogP contribution >= 0.6 is 34.5 Å². The van der Waals surface area contributed by atoms with E-state index < -0.39 is 10.0 Å². The molecule has 8 heteroatoms. The molecule has 0 radical (unpaired) electrons. The lowest BCUT2D eigenvalue weighted by Gasteiger charge is -2.02. The van der Waals surface area contributed by atoms with Gasteiger partial charge in [0.15, 0.2) is 0 Å². The van der Waals surface area contributed by atoms with Gasteiger partial charge < -0.3 is 0 Å². The molecule has 0 unspecified atom stereocenters. The fourth-order valence-corrected chi connectivity index (χ4v) is 3.90. The molecule has 0 fully saturated rings. The van der Waals surface area contributed by atoms with Gasteiger partial charge in [-0.2, -0.15) is 0 Å². The number of sulfonamides is 1. The van der Waals surface area contributed by atoms with Crippen LogP contribution in [0.25, 0.3) is 11.3 Å². The van der Waals surface area contributed by atoms with Gasteiger partial charge in [-0.25, -0.2) is 18.5 Å². The molecule has 3 aromatic rings. The predicted octanol–water partition coefficient (Wildman–Crippen LogP) is 4.36. The summed E-state index contributed by atoms with van der Waals surface area (Å²) in [4.78, 5) is 4.63. The minimum atomic E-state index is -3.74. The van der Waals surface area contributed by atoms with Gasteiger partial charge in [0.25, 0.3) is 0 Å². The molecule has 1 aromatic heterocycles. The predicted molar refractivity (Wildman–Crippen MR) is 98.2 cm³/mol. The number of hydrogen-bond acceptors (Lipinski definition) is 4. The summed E-state index contributed by atoms with van der Waals surface area (Å²) in [7, 11) is -3.74. The van der Waals surface area contributed by atoms with Gasteiger partial charge in [0.05, 0.1) is 25.6 Å². The summed E-state index contributed by atoms with van der Waals surface area (Å²) in [5.74, 6) is 0. The number of rotatable bonds is 4. The maximum Gasteiger partial charge on any atom is 0.238 e. The van der Waals surface area contributed by atoms with E-state index >= 15 is 0 Å². The highest BCUT2D eigenvalue weighted by Crippen LogP contribution is 2.27. The van der Waals surface area contributed by atoms with Crippen LogP contribution in [0.1, 0.15) is 10.6 Å². The summed E-state index contributed by atoms with van der Waals surface area (Å²) in [6, 6.07) is 11.9. The molecule has 0 spiro atoms. The molecule has 3 rings (SSSR count). The molecule has 0 bridgehead atoms. The number of hydrogen-bond donors (Lipinski definition) is 1. The van der Waals surface area contributed by atoms with E-state index in [0.29, 0.717) is 27.7 Å². The fourth-order valence-electron chi connectivity index (χ4n) is 2.18. The molecule has 2 aromatic carbocycles. The fraction of sp³-hybridized carbons (Fsp3) is 0.0625. The second kappa shape index (κ2) is 6.82. The van der Waals surface area contributed by atoms with Crippen molar-refractivity contribution in [3.05, 3.63) is 68.5 Å². The molecular formula is C16H12Cl2N2O2S2. The van der Waals surface area contributed by atoms with Gasteiger partial charge in [0.1, 0.15) is 0 Å². The normalized spacial score (nSPS) is 11.6. The van der Waals surface area contributed by atoms with E-state index in [2.05, 4.69) is 4.98 Å². The maximum absolute atomic E-state index is 11.5. The highest BCUT2D eigenvalue weighted by Gasteiger charge is 2.11. The molecule has 0 atom stereocenters. The third kappa shape index (κ3) is 3.96. The van der Waals surface area contributed by atoms with Crippen LogP contribution in [-0.2, 0) is 16.4 Å². The van der Waals surface area contributed by atoms with E-state index in [0.717, 1.165) is 10.6 Å². The molecule has 0 aliphatic heterocycles. The van der Waals surface area contributed by atoms with Gasteiger partial charge in [-0.05, 0) is 29.8 Å². The van der Waals surface area contributed by atoms with E-state index in [-0.39, 0.29) is 4.90 Å². The van der Waals surface area contributed by atoms with Crippen molar-refractivity contribution in [2.75, 3.05) is 0 Å². The highest BCUT2D eigenvalue weighted by molar-refractivity contribution is 7.89. The van der Waals surface area contributed by atoms with E-state index in [1.807, 2.05) is 17.5 Å². The summed E-state index contributed by atoms with van der Waals surface area (Å²) in [5.41, 5.74) is 2.42. The van der Waals surface area contributed by atoms with Gasteiger partial charge in [-0.3, -0.25) is 0 Å². The Kier molecular flexibility index (Phi) is 4.94. The third-order valence-electron chi connectivity index (χ3n) is 3.35. The Balaban J connectivity index is 1.87. The van der Waals surface area contributed by atoms with Crippen molar-refractivity contribution in [2.24, 2.45) is 5.14 Å². The SMILES string of the molecule is NS(=O)(=O)c1cccc(-c2csc(Cc3ccc(Cl)c(Cl)c3)n2)c1. The van der Waals surface area contributed by atoms with Crippen molar-refractivity contribution in [1.29, 1.82) is 0 Å². The van der Waals surface area contributed by atoms with Gasteiger partial charge in [0, 0.05) is 17.4 Å². The van der Waals surface area contributed by atoms with Crippen molar-refractivity contribution in [3.63, 3.8) is 0 Å². The summed E-state index contributed by atoms with van der Waals surface area (Å²) in [6.07, 6.45) is 0.621. The van der Waals surface area contributed by atoms with E-state index in [4.69, 9.17) is 28.3 Å². The molecular weight excluding hydrogens is 387 g/mol. The van der Waals surface area contributed by atoms with Crippen LogP contribution in [0, 0.1) is 0 Å². The van der Waals surface area contributed by atoms with Crippen LogP contribution in [0.5, 0.6) is 0 Å². The Morgan fingerprint density at radius 3 is 2.58 bits per heavy atom. The summed E-state index contributed by atoms with van der Waals surface area (Å²) in [5, 5.41) is 8.97. The molecule has 0 aliphatic rings. The first-order chi connectivity index (χ1) is 11.3. The zero-order valence-electron chi connectivity index (χ0n) is 12.2. The van der Waals surface area contributed by atoms with Crippen molar-refractivity contribution in [2.45, 2.75) is 11.3 Å². The lowest BCUT2D eigenvalue weighted by molar-refractivity contribution is 0.598. The Morgan fingerprint density at radius 1 is 1.08 bits per heavy atom. The van der Waals surface area contributed by atoms with Gasteiger partial charge >= 0.3 is 0 Å². The molecule has 24 heavy (non-hydrogen) atoms. The number of thiazole rings is 1. The average molecular weight is 399 g/mol. The number of aromatic nitrogens is 1. The summed E-state index contributed by atoms with van der Waals surface area (Å²) >= 11 is 13.4. The van der Waals surface area contributed by atoms with Crippen LogP contribution < -0.4 is 5.14 Å². The van der Waals surface area contributed by atoms with Gasteiger partial charge in [-0.15, -0.1) is 11.3 Å². The highest BCUT2D eigenvalue weighted by atomic mass is 35.5. The number of nitrogens with zero attached hydrogens (tertiary/aromatic N) is 1. The lowest BCUT2D eigenvalue weighted by Crippen LogP contribution is -2.11. The second-order valence-electron chi connectivity index (χ2n) is 5.12. The quantitative estimate of drug-likeness (QED) is 0.709.